The Labute approximate surface area is 138 Å². The van der Waals surface area contributed by atoms with Gasteiger partial charge in [-0.3, -0.25) is 0 Å². The van der Waals surface area contributed by atoms with Gasteiger partial charge in [-0.25, -0.2) is 8.42 Å². The molecule has 0 spiro atoms. The van der Waals surface area contributed by atoms with E-state index in [4.69, 9.17) is 9.31 Å². The van der Waals surface area contributed by atoms with Crippen molar-refractivity contribution in [2.45, 2.75) is 43.8 Å². The molecule has 1 aromatic rings. The van der Waals surface area contributed by atoms with Gasteiger partial charge in [0.05, 0.1) is 22.7 Å². The summed E-state index contributed by atoms with van der Waals surface area (Å²) in [6, 6.07) is 6.47. The molecule has 1 aliphatic heterocycles. The molecular formula is C16H23BO5S. The minimum Gasteiger partial charge on any atom is -0.400 e. The molecule has 0 radical (unpaired) electrons. The lowest BCUT2D eigenvalue weighted by Crippen LogP contribution is -2.41. The van der Waals surface area contributed by atoms with Gasteiger partial charge in [0, 0.05) is 6.26 Å². The molecule has 1 N–H and O–H groups in total. The normalized spacial score (nSPS) is 20.8. The zero-order chi connectivity index (χ0) is 17.5. The molecule has 23 heavy (non-hydrogen) atoms. The number of rotatable bonds is 4. The van der Waals surface area contributed by atoms with Crippen molar-refractivity contribution >= 4 is 23.0 Å². The summed E-state index contributed by atoms with van der Waals surface area (Å²) in [5.74, 6) is 0. The van der Waals surface area contributed by atoms with E-state index in [2.05, 4.69) is 0 Å². The van der Waals surface area contributed by atoms with Gasteiger partial charge in [-0.2, -0.15) is 0 Å². The summed E-state index contributed by atoms with van der Waals surface area (Å²) >= 11 is 0. The molecule has 0 atom stereocenters. The number of aliphatic hydroxyl groups is 1. The summed E-state index contributed by atoms with van der Waals surface area (Å²) in [6.07, 6.45) is 2.93. The summed E-state index contributed by atoms with van der Waals surface area (Å²) < 4.78 is 34.8. The van der Waals surface area contributed by atoms with Crippen molar-refractivity contribution in [1.82, 2.24) is 0 Å². The average molecular weight is 338 g/mol. The maximum Gasteiger partial charge on any atom is 0.492 e. The van der Waals surface area contributed by atoms with Gasteiger partial charge < -0.3 is 14.4 Å². The Hall–Kier alpha value is -1.15. The van der Waals surface area contributed by atoms with Crippen LogP contribution in [-0.2, 0) is 19.1 Å². The van der Waals surface area contributed by atoms with Gasteiger partial charge in [0.25, 0.3) is 0 Å². The van der Waals surface area contributed by atoms with E-state index in [0.717, 1.165) is 5.56 Å². The number of hydrogen-bond donors (Lipinski definition) is 1. The van der Waals surface area contributed by atoms with Crippen molar-refractivity contribution < 1.29 is 22.8 Å². The molecule has 1 heterocycles. The number of benzene rings is 1. The zero-order valence-electron chi connectivity index (χ0n) is 14.2. The molecular weight excluding hydrogens is 315 g/mol. The molecule has 1 aliphatic rings. The number of aliphatic hydroxyl groups excluding tert-OH is 1. The first-order valence-corrected chi connectivity index (χ1v) is 9.32. The summed E-state index contributed by atoms with van der Waals surface area (Å²) in [6.45, 7) is 7.59. The van der Waals surface area contributed by atoms with E-state index in [1.807, 2.05) is 27.7 Å². The van der Waals surface area contributed by atoms with E-state index >= 15 is 0 Å². The Morgan fingerprint density at radius 1 is 1.13 bits per heavy atom. The van der Waals surface area contributed by atoms with E-state index in [0.29, 0.717) is 5.47 Å². The van der Waals surface area contributed by atoms with Crippen LogP contribution in [0.15, 0.2) is 34.6 Å². The van der Waals surface area contributed by atoms with Crippen molar-refractivity contribution in [2.75, 3.05) is 12.9 Å². The molecule has 7 heteroatoms. The lowest BCUT2D eigenvalue weighted by atomic mass is 9.77. The van der Waals surface area contributed by atoms with Crippen molar-refractivity contribution in [1.29, 1.82) is 0 Å². The molecule has 1 aromatic carbocycles. The highest BCUT2D eigenvalue weighted by molar-refractivity contribution is 7.90. The highest BCUT2D eigenvalue weighted by Crippen LogP contribution is 2.38. The number of hydrogen-bond acceptors (Lipinski definition) is 5. The Morgan fingerprint density at radius 2 is 1.61 bits per heavy atom. The monoisotopic (exact) mass is 338 g/mol. The summed E-state index contributed by atoms with van der Waals surface area (Å²) in [4.78, 5) is 0.260. The van der Waals surface area contributed by atoms with Crippen LogP contribution in [0.5, 0.6) is 0 Å². The smallest absolute Gasteiger partial charge is 0.400 e. The van der Waals surface area contributed by atoms with Crippen LogP contribution >= 0.6 is 0 Å². The van der Waals surface area contributed by atoms with E-state index < -0.39 is 28.2 Å². The van der Waals surface area contributed by atoms with Crippen molar-refractivity contribution in [2.24, 2.45) is 0 Å². The van der Waals surface area contributed by atoms with Gasteiger partial charge in [0.15, 0.2) is 9.84 Å². The standard InChI is InChI=1S/C16H23BO5S/c1-15(2)16(3,4)22-17(21-15)13(11-18)10-12-6-8-14(9-7-12)23(5,19)20/h6-10,18H,11H2,1-5H3. The predicted molar refractivity (Wildman–Crippen MR) is 90.7 cm³/mol. The third kappa shape index (κ3) is 3.85. The molecule has 0 amide bonds. The molecule has 0 aliphatic carbocycles. The Kier molecular flexibility index (Phi) is 4.79. The minimum absolute atomic E-state index is 0.204. The van der Waals surface area contributed by atoms with E-state index in [1.165, 1.54) is 6.26 Å². The van der Waals surface area contributed by atoms with Crippen LogP contribution in [0.1, 0.15) is 33.3 Å². The van der Waals surface area contributed by atoms with E-state index in [1.54, 1.807) is 30.3 Å². The van der Waals surface area contributed by atoms with Gasteiger partial charge in [0.1, 0.15) is 0 Å². The molecule has 0 bridgehead atoms. The summed E-state index contributed by atoms with van der Waals surface area (Å²) in [5, 5.41) is 9.65. The molecule has 0 aromatic heterocycles. The topological polar surface area (TPSA) is 72.8 Å². The Morgan fingerprint density at radius 3 is 2.00 bits per heavy atom. The fourth-order valence-electron chi connectivity index (χ4n) is 2.21. The Balaban J connectivity index is 2.27. The summed E-state index contributed by atoms with van der Waals surface area (Å²) in [5.41, 5.74) is 0.407. The molecule has 126 valence electrons. The van der Waals surface area contributed by atoms with Crippen LogP contribution in [0, 0.1) is 0 Å². The lowest BCUT2D eigenvalue weighted by Gasteiger charge is -2.32. The van der Waals surface area contributed by atoms with Crippen LogP contribution in [0.2, 0.25) is 0 Å². The quantitative estimate of drug-likeness (QED) is 0.851. The molecule has 2 rings (SSSR count). The second-order valence-corrected chi connectivity index (χ2v) is 8.82. The fourth-order valence-corrected chi connectivity index (χ4v) is 2.84. The predicted octanol–water partition coefficient (Wildman–Crippen LogP) is 2.10. The van der Waals surface area contributed by atoms with Crippen LogP contribution in [0.25, 0.3) is 6.08 Å². The van der Waals surface area contributed by atoms with E-state index in [-0.39, 0.29) is 11.5 Å². The van der Waals surface area contributed by atoms with Gasteiger partial charge in [-0.05, 0) is 50.9 Å². The maximum atomic E-state index is 11.5. The van der Waals surface area contributed by atoms with E-state index in [9.17, 15) is 13.5 Å². The van der Waals surface area contributed by atoms with Crippen molar-refractivity contribution in [3.63, 3.8) is 0 Å². The van der Waals surface area contributed by atoms with Crippen LogP contribution in [0.3, 0.4) is 0 Å². The summed E-state index contributed by atoms with van der Waals surface area (Å²) in [7, 11) is -3.84. The zero-order valence-corrected chi connectivity index (χ0v) is 15.0. The van der Waals surface area contributed by atoms with Crippen molar-refractivity contribution in [3.8, 4) is 0 Å². The maximum absolute atomic E-state index is 11.5. The van der Waals surface area contributed by atoms with Crippen LogP contribution in [-0.4, -0.2) is 44.7 Å². The Bertz CT molecular complexity index is 688. The first kappa shape index (κ1) is 18.2. The largest absolute Gasteiger partial charge is 0.492 e. The van der Waals surface area contributed by atoms with Gasteiger partial charge in [-0.15, -0.1) is 0 Å². The van der Waals surface area contributed by atoms with Gasteiger partial charge in [-0.1, -0.05) is 18.2 Å². The van der Waals surface area contributed by atoms with Gasteiger partial charge >= 0.3 is 7.12 Å². The van der Waals surface area contributed by atoms with Crippen LogP contribution in [0.4, 0.5) is 0 Å². The fraction of sp³-hybridized carbons (Fsp3) is 0.500. The SMILES string of the molecule is CC1(C)OB(C(=Cc2ccc(S(C)(=O)=O)cc2)CO)OC1(C)C. The average Bonchev–Trinajstić information content (AvgIpc) is 2.64. The molecule has 5 nitrogen and oxygen atoms in total. The highest BCUT2D eigenvalue weighted by Gasteiger charge is 2.52. The first-order chi connectivity index (χ1) is 10.5. The third-order valence-corrected chi connectivity index (χ3v) is 5.53. The molecule has 0 unspecified atom stereocenters. The second kappa shape index (κ2) is 6.05. The molecule has 1 fully saturated rings. The van der Waals surface area contributed by atoms with Crippen molar-refractivity contribution in [3.05, 3.63) is 35.3 Å². The minimum atomic E-state index is -3.22. The highest BCUT2D eigenvalue weighted by atomic mass is 32.2. The first-order valence-electron chi connectivity index (χ1n) is 7.43. The second-order valence-electron chi connectivity index (χ2n) is 6.81. The van der Waals surface area contributed by atoms with Gasteiger partial charge in [0.2, 0.25) is 0 Å². The molecule has 1 saturated heterocycles. The molecule has 0 saturated carbocycles. The number of sulfone groups is 1. The lowest BCUT2D eigenvalue weighted by molar-refractivity contribution is 0.00578. The third-order valence-electron chi connectivity index (χ3n) is 4.40. The van der Waals surface area contributed by atoms with Crippen LogP contribution < -0.4 is 0 Å².